The van der Waals surface area contributed by atoms with Crippen LogP contribution in [-0.4, -0.2) is 9.78 Å². The Hall–Kier alpha value is -2.52. The fourth-order valence-electron chi connectivity index (χ4n) is 1.85. The molecule has 19 heavy (non-hydrogen) atoms. The zero-order valence-electron chi connectivity index (χ0n) is 10.8. The molecular formula is C14H15N5. The van der Waals surface area contributed by atoms with Gasteiger partial charge in [-0.05, 0) is 36.6 Å². The van der Waals surface area contributed by atoms with Crippen LogP contribution in [0.15, 0.2) is 53.4 Å². The lowest BCUT2D eigenvalue weighted by Gasteiger charge is -2.05. The molecule has 0 aliphatic heterocycles. The van der Waals surface area contributed by atoms with Crippen molar-refractivity contribution < 1.29 is 0 Å². The van der Waals surface area contributed by atoms with Gasteiger partial charge in [-0.2, -0.15) is 5.10 Å². The summed E-state index contributed by atoms with van der Waals surface area (Å²) in [5.74, 6) is 0. The number of benzene rings is 1. The van der Waals surface area contributed by atoms with Gasteiger partial charge in [-0.25, -0.2) is 0 Å². The molecule has 0 fully saturated rings. The third-order valence-electron chi connectivity index (χ3n) is 2.76. The van der Waals surface area contributed by atoms with Crippen LogP contribution >= 0.6 is 0 Å². The average Bonchev–Trinajstić information content (AvgIpc) is 2.85. The minimum Gasteiger partial charge on any atom is -0.265 e. The summed E-state index contributed by atoms with van der Waals surface area (Å²) in [4.78, 5) is 2.77. The second kappa shape index (κ2) is 6.42. The van der Waals surface area contributed by atoms with Crippen molar-refractivity contribution in [3.8, 4) is 0 Å². The highest BCUT2D eigenvalue weighted by atomic mass is 15.3. The highest BCUT2D eigenvalue weighted by Gasteiger charge is 2.00. The maximum atomic E-state index is 8.38. The van der Waals surface area contributed by atoms with Gasteiger partial charge >= 0.3 is 0 Å². The molecular weight excluding hydrogens is 238 g/mol. The summed E-state index contributed by atoms with van der Waals surface area (Å²) < 4.78 is 1.91. The van der Waals surface area contributed by atoms with E-state index in [1.54, 1.807) is 13.1 Å². The number of nitrogens with zero attached hydrogens (tertiary/aromatic N) is 5. The molecule has 0 atom stereocenters. The molecule has 5 heteroatoms. The Kier molecular flexibility index (Phi) is 4.37. The maximum Gasteiger partial charge on any atom is 0.0611 e. The van der Waals surface area contributed by atoms with Crippen LogP contribution in [0.2, 0.25) is 0 Å². The molecule has 96 valence electrons. The summed E-state index contributed by atoms with van der Waals surface area (Å²) in [6.45, 7) is 2.57. The molecule has 5 nitrogen and oxygen atoms in total. The van der Waals surface area contributed by atoms with Gasteiger partial charge in [-0.1, -0.05) is 35.4 Å². The van der Waals surface area contributed by atoms with Gasteiger partial charge in [0.15, 0.2) is 0 Å². The van der Waals surface area contributed by atoms with Gasteiger partial charge < -0.3 is 0 Å². The molecule has 0 N–H and O–H groups in total. The molecule has 0 unspecified atom stereocenters. The lowest BCUT2D eigenvalue weighted by molar-refractivity contribution is 0.609. The first-order chi connectivity index (χ1) is 9.29. The lowest BCUT2D eigenvalue weighted by atomic mass is 10.1. The highest BCUT2D eigenvalue weighted by Crippen LogP contribution is 2.09. The molecule has 0 bridgehead atoms. The van der Waals surface area contributed by atoms with Gasteiger partial charge in [0, 0.05) is 23.4 Å². The quantitative estimate of drug-likeness (QED) is 0.454. The Morgan fingerprint density at radius 3 is 2.89 bits per heavy atom. The molecule has 0 aliphatic rings. The number of hydrogen-bond donors (Lipinski definition) is 0. The number of rotatable bonds is 5. The molecule has 1 heterocycles. The first-order valence-corrected chi connectivity index (χ1v) is 6.09. The first kappa shape index (κ1) is 12.9. The van der Waals surface area contributed by atoms with Crippen LogP contribution in [0, 0.1) is 0 Å². The van der Waals surface area contributed by atoms with E-state index < -0.39 is 0 Å². The van der Waals surface area contributed by atoms with E-state index in [4.69, 9.17) is 5.53 Å². The number of azide groups is 1. The van der Waals surface area contributed by atoms with Crippen LogP contribution in [-0.2, 0) is 13.0 Å². The Bertz CT molecular complexity index is 606. The van der Waals surface area contributed by atoms with Gasteiger partial charge in [-0.15, -0.1) is 0 Å². The standard InChI is InChI=1S/C14H15N5/c1-12(17-18-15)11-14-7-9-16-19(14)10-8-13-5-3-2-4-6-13/h2-7,9,11H,8,10H2,1H3/b12-11-. The molecule has 0 spiro atoms. The van der Waals surface area contributed by atoms with E-state index in [1.165, 1.54) is 5.56 Å². The van der Waals surface area contributed by atoms with E-state index in [2.05, 4.69) is 27.3 Å². The smallest absolute Gasteiger partial charge is 0.0611 e. The minimum atomic E-state index is 0.629. The molecule has 0 saturated carbocycles. The van der Waals surface area contributed by atoms with E-state index in [-0.39, 0.29) is 0 Å². The second-order valence-corrected chi connectivity index (χ2v) is 4.19. The van der Waals surface area contributed by atoms with Crippen LogP contribution in [0.4, 0.5) is 0 Å². The predicted octanol–water partition coefficient (Wildman–Crippen LogP) is 3.80. The predicted molar refractivity (Wildman–Crippen MR) is 75.2 cm³/mol. The van der Waals surface area contributed by atoms with Crippen LogP contribution < -0.4 is 0 Å². The van der Waals surface area contributed by atoms with E-state index in [0.717, 1.165) is 18.7 Å². The number of allylic oxidation sites excluding steroid dienone is 1. The van der Waals surface area contributed by atoms with Gasteiger partial charge in [0.2, 0.25) is 0 Å². The van der Waals surface area contributed by atoms with Crippen molar-refractivity contribution in [1.82, 2.24) is 9.78 Å². The van der Waals surface area contributed by atoms with E-state index in [0.29, 0.717) is 5.70 Å². The topological polar surface area (TPSA) is 66.6 Å². The maximum absolute atomic E-state index is 8.38. The Labute approximate surface area is 111 Å². The molecule has 0 saturated heterocycles. The molecule has 1 aromatic heterocycles. The van der Waals surface area contributed by atoms with Crippen LogP contribution in [0.3, 0.4) is 0 Å². The zero-order chi connectivity index (χ0) is 13.5. The lowest BCUT2D eigenvalue weighted by Crippen LogP contribution is -2.05. The summed E-state index contributed by atoms with van der Waals surface area (Å²) in [6.07, 6.45) is 4.50. The molecule has 0 amide bonds. The van der Waals surface area contributed by atoms with Gasteiger partial charge in [0.1, 0.15) is 0 Å². The van der Waals surface area contributed by atoms with Gasteiger partial charge in [0.25, 0.3) is 0 Å². The average molecular weight is 253 g/mol. The molecule has 2 rings (SSSR count). The minimum absolute atomic E-state index is 0.629. The van der Waals surface area contributed by atoms with E-state index in [1.807, 2.05) is 35.0 Å². The summed E-state index contributed by atoms with van der Waals surface area (Å²) in [6, 6.07) is 12.2. The third kappa shape index (κ3) is 3.72. The second-order valence-electron chi connectivity index (χ2n) is 4.19. The summed E-state index contributed by atoms with van der Waals surface area (Å²) in [5, 5.41) is 7.84. The van der Waals surface area contributed by atoms with Crippen molar-refractivity contribution in [2.24, 2.45) is 5.11 Å². The summed E-state index contributed by atoms with van der Waals surface area (Å²) >= 11 is 0. The number of hydrogen-bond acceptors (Lipinski definition) is 2. The number of aryl methyl sites for hydroxylation is 2. The van der Waals surface area contributed by atoms with Crippen LogP contribution in [0.1, 0.15) is 18.2 Å². The summed E-state index contributed by atoms with van der Waals surface area (Å²) in [5.41, 5.74) is 11.2. The Morgan fingerprint density at radius 1 is 1.37 bits per heavy atom. The van der Waals surface area contributed by atoms with Crippen molar-refractivity contribution in [1.29, 1.82) is 0 Å². The third-order valence-corrected chi connectivity index (χ3v) is 2.76. The Morgan fingerprint density at radius 2 is 2.16 bits per heavy atom. The zero-order valence-corrected chi connectivity index (χ0v) is 10.8. The van der Waals surface area contributed by atoms with Gasteiger partial charge in [0.05, 0.1) is 5.69 Å². The monoisotopic (exact) mass is 253 g/mol. The fourth-order valence-corrected chi connectivity index (χ4v) is 1.85. The van der Waals surface area contributed by atoms with Crippen molar-refractivity contribution >= 4 is 6.08 Å². The van der Waals surface area contributed by atoms with Crippen molar-refractivity contribution in [2.75, 3.05) is 0 Å². The van der Waals surface area contributed by atoms with Crippen molar-refractivity contribution in [3.05, 3.63) is 70.0 Å². The fraction of sp³-hybridized carbons (Fsp3) is 0.214. The largest absolute Gasteiger partial charge is 0.265 e. The van der Waals surface area contributed by atoms with Crippen molar-refractivity contribution in [2.45, 2.75) is 19.9 Å². The molecule has 2 aromatic rings. The van der Waals surface area contributed by atoms with Crippen LogP contribution in [0.5, 0.6) is 0 Å². The van der Waals surface area contributed by atoms with Crippen molar-refractivity contribution in [3.63, 3.8) is 0 Å². The number of aromatic nitrogens is 2. The molecule has 0 radical (unpaired) electrons. The molecule has 0 aliphatic carbocycles. The first-order valence-electron chi connectivity index (χ1n) is 6.09. The Balaban J connectivity index is 2.08. The molecule has 1 aromatic carbocycles. The summed E-state index contributed by atoms with van der Waals surface area (Å²) in [7, 11) is 0. The van der Waals surface area contributed by atoms with Gasteiger partial charge in [-0.3, -0.25) is 4.68 Å². The SMILES string of the molecule is C/C(=C/c1ccnn1CCc1ccccc1)N=[N+]=[N-]. The highest BCUT2D eigenvalue weighted by molar-refractivity contribution is 5.47. The normalized spacial score (nSPS) is 11.1. The van der Waals surface area contributed by atoms with E-state index >= 15 is 0 Å². The van der Waals surface area contributed by atoms with E-state index in [9.17, 15) is 0 Å². The van der Waals surface area contributed by atoms with Crippen LogP contribution in [0.25, 0.3) is 16.5 Å².